The lowest BCUT2D eigenvalue weighted by Gasteiger charge is -2.17. The van der Waals surface area contributed by atoms with Crippen LogP contribution in [-0.4, -0.2) is 9.97 Å². The Hall–Kier alpha value is -2.65. The normalized spacial score (nSPS) is 10.8. The fourth-order valence-corrected chi connectivity index (χ4v) is 4.07. The molecule has 22 heavy (non-hydrogen) atoms. The maximum atomic E-state index is 5.79. The second-order valence-electron chi connectivity index (χ2n) is 4.83. The number of hydrogen-bond donors (Lipinski definition) is 3. The van der Waals surface area contributed by atoms with Crippen LogP contribution in [0.5, 0.6) is 0 Å². The van der Waals surface area contributed by atoms with E-state index in [9.17, 15) is 0 Å². The smallest absolute Gasteiger partial charge is 0.0738 e. The first-order valence-electron chi connectivity index (χ1n) is 6.72. The second kappa shape index (κ2) is 6.00. The van der Waals surface area contributed by atoms with E-state index in [1.807, 2.05) is 48.5 Å². The molecule has 0 aliphatic heterocycles. The topological polar surface area (TPSA) is 104 Å². The van der Waals surface area contributed by atoms with Crippen LogP contribution in [0.15, 0.2) is 60.9 Å². The zero-order valence-electron chi connectivity index (χ0n) is 11.8. The van der Waals surface area contributed by atoms with Crippen molar-refractivity contribution >= 4 is 41.2 Å². The van der Waals surface area contributed by atoms with E-state index in [4.69, 9.17) is 17.2 Å². The molecule has 0 saturated carbocycles. The van der Waals surface area contributed by atoms with Crippen LogP contribution >= 0.6 is 7.92 Å². The zero-order chi connectivity index (χ0) is 15.5. The number of nitrogens with zero attached hydrogens (tertiary/aromatic N) is 2. The van der Waals surface area contributed by atoms with E-state index in [0.29, 0.717) is 11.4 Å². The first-order chi connectivity index (χ1) is 10.6. The highest BCUT2D eigenvalue weighted by Gasteiger charge is 2.19. The summed E-state index contributed by atoms with van der Waals surface area (Å²) in [7, 11) is -0.872. The Bertz CT molecular complexity index is 646. The van der Waals surface area contributed by atoms with Crippen LogP contribution in [-0.2, 0) is 0 Å². The highest BCUT2D eigenvalue weighted by atomic mass is 31.1. The lowest BCUT2D eigenvalue weighted by atomic mass is 10.3. The molecule has 6 heteroatoms. The van der Waals surface area contributed by atoms with Crippen LogP contribution in [0.2, 0.25) is 0 Å². The van der Waals surface area contributed by atoms with Gasteiger partial charge in [0, 0.05) is 13.6 Å². The minimum absolute atomic E-state index is 0.640. The highest BCUT2D eigenvalue weighted by molar-refractivity contribution is 7.79. The van der Waals surface area contributed by atoms with Gasteiger partial charge in [-0.15, -0.1) is 0 Å². The summed E-state index contributed by atoms with van der Waals surface area (Å²) < 4.78 is 0. The maximum absolute atomic E-state index is 5.79. The molecule has 0 unspecified atom stereocenters. The Kier molecular flexibility index (Phi) is 3.90. The van der Waals surface area contributed by atoms with Crippen molar-refractivity contribution in [3.63, 3.8) is 0 Å². The highest BCUT2D eigenvalue weighted by Crippen LogP contribution is 2.31. The fraction of sp³-hybridized carbons (Fsp3) is 0. The molecule has 2 heterocycles. The van der Waals surface area contributed by atoms with Crippen LogP contribution in [0.1, 0.15) is 0 Å². The summed E-state index contributed by atoms with van der Waals surface area (Å²) in [6.07, 6.45) is 3.33. The quantitative estimate of drug-likeness (QED) is 0.494. The zero-order valence-corrected chi connectivity index (χ0v) is 12.7. The fourth-order valence-electron chi connectivity index (χ4n) is 2.06. The van der Waals surface area contributed by atoms with Crippen molar-refractivity contribution in [2.75, 3.05) is 17.2 Å². The van der Waals surface area contributed by atoms with E-state index in [-0.39, 0.29) is 0 Å². The Labute approximate surface area is 130 Å². The molecule has 0 fully saturated rings. The summed E-state index contributed by atoms with van der Waals surface area (Å²) in [6.45, 7) is 0. The van der Waals surface area contributed by atoms with Gasteiger partial charge in [-0.1, -0.05) is 12.1 Å². The van der Waals surface area contributed by atoms with Crippen molar-refractivity contribution in [1.29, 1.82) is 0 Å². The third kappa shape index (κ3) is 3.00. The van der Waals surface area contributed by atoms with Gasteiger partial charge >= 0.3 is 0 Å². The number of aromatic nitrogens is 2. The molecule has 5 nitrogen and oxygen atoms in total. The SMILES string of the molecule is Nc1ccc(P(c2ccc(N)cn2)c2ccc(N)cn2)cc1. The molecule has 0 aliphatic rings. The van der Waals surface area contributed by atoms with Crippen LogP contribution in [0.4, 0.5) is 17.1 Å². The molecular formula is C16H16N5P. The monoisotopic (exact) mass is 309 g/mol. The lowest BCUT2D eigenvalue weighted by Crippen LogP contribution is -2.24. The van der Waals surface area contributed by atoms with Crippen LogP contribution in [0, 0.1) is 0 Å². The summed E-state index contributed by atoms with van der Waals surface area (Å²) in [5.41, 5.74) is 21.2. The van der Waals surface area contributed by atoms with E-state index in [2.05, 4.69) is 9.97 Å². The van der Waals surface area contributed by atoms with Gasteiger partial charge in [-0.2, -0.15) is 0 Å². The van der Waals surface area contributed by atoms with Crippen LogP contribution in [0.3, 0.4) is 0 Å². The molecule has 2 aromatic heterocycles. The number of nitrogen functional groups attached to an aromatic ring is 3. The van der Waals surface area contributed by atoms with Gasteiger partial charge in [-0.05, 0) is 41.7 Å². The maximum Gasteiger partial charge on any atom is 0.0738 e. The summed E-state index contributed by atoms with van der Waals surface area (Å²) in [5.74, 6) is 0. The Morgan fingerprint density at radius 2 is 1.05 bits per heavy atom. The van der Waals surface area contributed by atoms with E-state index in [0.717, 1.165) is 21.9 Å². The predicted molar refractivity (Wildman–Crippen MR) is 94.0 cm³/mol. The molecule has 3 aromatic rings. The molecule has 3 rings (SSSR count). The number of anilines is 3. The van der Waals surface area contributed by atoms with E-state index < -0.39 is 7.92 Å². The number of nitrogens with two attached hydrogens (primary N) is 3. The molecular weight excluding hydrogens is 293 g/mol. The van der Waals surface area contributed by atoms with Gasteiger partial charge in [-0.25, -0.2) is 0 Å². The van der Waals surface area contributed by atoms with Gasteiger partial charge in [0.1, 0.15) is 0 Å². The van der Waals surface area contributed by atoms with Crippen molar-refractivity contribution in [3.05, 3.63) is 60.9 Å². The van der Waals surface area contributed by atoms with Crippen molar-refractivity contribution in [2.24, 2.45) is 0 Å². The summed E-state index contributed by atoms with van der Waals surface area (Å²) in [4.78, 5) is 8.96. The van der Waals surface area contributed by atoms with Gasteiger partial charge in [0.15, 0.2) is 0 Å². The number of pyridine rings is 2. The van der Waals surface area contributed by atoms with Gasteiger partial charge < -0.3 is 17.2 Å². The van der Waals surface area contributed by atoms with E-state index >= 15 is 0 Å². The molecule has 0 amide bonds. The van der Waals surface area contributed by atoms with Crippen LogP contribution in [0.25, 0.3) is 0 Å². The lowest BCUT2D eigenvalue weighted by molar-refractivity contribution is 1.37. The Balaban J connectivity index is 2.10. The summed E-state index contributed by atoms with van der Waals surface area (Å²) in [5, 5.41) is 1.12. The molecule has 0 saturated heterocycles. The molecule has 110 valence electrons. The van der Waals surface area contributed by atoms with Crippen LogP contribution < -0.4 is 33.4 Å². The number of benzene rings is 1. The largest absolute Gasteiger partial charge is 0.399 e. The van der Waals surface area contributed by atoms with Gasteiger partial charge in [0.05, 0.1) is 34.6 Å². The number of rotatable bonds is 3. The van der Waals surface area contributed by atoms with Gasteiger partial charge in [-0.3, -0.25) is 9.97 Å². The predicted octanol–water partition coefficient (Wildman–Crippen LogP) is 0.981. The average Bonchev–Trinajstić information content (AvgIpc) is 2.53. The van der Waals surface area contributed by atoms with Crippen molar-refractivity contribution in [3.8, 4) is 0 Å². The summed E-state index contributed by atoms with van der Waals surface area (Å²) >= 11 is 0. The molecule has 0 aliphatic carbocycles. The first kappa shape index (κ1) is 14.3. The van der Waals surface area contributed by atoms with E-state index in [1.54, 1.807) is 12.4 Å². The van der Waals surface area contributed by atoms with Crippen molar-refractivity contribution in [2.45, 2.75) is 0 Å². The average molecular weight is 309 g/mol. The number of hydrogen-bond acceptors (Lipinski definition) is 5. The van der Waals surface area contributed by atoms with Crippen molar-refractivity contribution < 1.29 is 0 Å². The van der Waals surface area contributed by atoms with Gasteiger partial charge in [0.2, 0.25) is 0 Å². The standard InChI is InChI=1S/C16H16N5P/c17-11-1-5-14(6-2-11)22(15-7-3-12(18)9-20-15)16-8-4-13(19)10-21-16/h1-10H,17-19H2. The first-order valence-corrected chi connectivity index (χ1v) is 8.06. The molecule has 0 radical (unpaired) electrons. The molecule has 1 aromatic carbocycles. The Morgan fingerprint density at radius 3 is 1.45 bits per heavy atom. The minimum atomic E-state index is -0.872. The van der Waals surface area contributed by atoms with Crippen molar-refractivity contribution in [1.82, 2.24) is 9.97 Å². The third-order valence-electron chi connectivity index (χ3n) is 3.15. The van der Waals surface area contributed by atoms with Gasteiger partial charge in [0.25, 0.3) is 0 Å². The molecule has 0 bridgehead atoms. The molecule has 0 spiro atoms. The Morgan fingerprint density at radius 1 is 0.591 bits per heavy atom. The molecule has 0 atom stereocenters. The minimum Gasteiger partial charge on any atom is -0.399 e. The summed E-state index contributed by atoms with van der Waals surface area (Å²) in [6, 6.07) is 15.4. The molecule has 6 N–H and O–H groups in total. The van der Waals surface area contributed by atoms with E-state index in [1.165, 1.54) is 0 Å². The second-order valence-corrected chi connectivity index (χ2v) is 6.93. The third-order valence-corrected chi connectivity index (χ3v) is 5.41.